The molecular formula is C21H20N2O4S2. The highest BCUT2D eigenvalue weighted by atomic mass is 32.2. The molecule has 0 saturated carbocycles. The number of hydrogen-bond donors (Lipinski definition) is 3. The number of carboxylic acids is 1. The van der Waals surface area contributed by atoms with Crippen LogP contribution in [0.1, 0.15) is 28.8 Å². The zero-order valence-corrected chi connectivity index (χ0v) is 17.1. The van der Waals surface area contributed by atoms with Gasteiger partial charge in [0.15, 0.2) is 0 Å². The fourth-order valence-corrected chi connectivity index (χ4v) is 4.15. The fraction of sp³-hybridized carbons (Fsp3) is 0.190. The van der Waals surface area contributed by atoms with Gasteiger partial charge in [0.05, 0.1) is 10.5 Å². The molecule has 3 rings (SSSR count). The molecule has 1 heterocycles. The Balaban J connectivity index is 1.51. The number of nitrogens with zero attached hydrogens (tertiary/aromatic N) is 1. The van der Waals surface area contributed by atoms with Crippen molar-refractivity contribution in [2.45, 2.75) is 19.1 Å². The molecular weight excluding hydrogens is 408 g/mol. The van der Waals surface area contributed by atoms with Gasteiger partial charge in [-0.15, -0.1) is 0 Å². The third kappa shape index (κ3) is 5.66. The quantitative estimate of drug-likeness (QED) is 0.335. The molecule has 2 aromatic carbocycles. The van der Waals surface area contributed by atoms with Crippen molar-refractivity contribution in [3.63, 3.8) is 0 Å². The van der Waals surface area contributed by atoms with Crippen molar-refractivity contribution in [1.82, 2.24) is 4.90 Å². The van der Waals surface area contributed by atoms with Gasteiger partial charge >= 0.3 is 5.97 Å². The van der Waals surface area contributed by atoms with E-state index in [4.69, 9.17) is 17.3 Å². The predicted octanol–water partition coefficient (Wildman–Crippen LogP) is 3.80. The Kier molecular flexibility index (Phi) is 7.03. The van der Waals surface area contributed by atoms with Gasteiger partial charge in [-0.05, 0) is 42.7 Å². The van der Waals surface area contributed by atoms with Crippen molar-refractivity contribution in [3.8, 4) is 0 Å². The van der Waals surface area contributed by atoms with E-state index in [1.54, 1.807) is 17.0 Å². The number of anilines is 1. The summed E-state index contributed by atoms with van der Waals surface area (Å²) in [6.07, 6.45) is 1.88. The maximum Gasteiger partial charge on any atom is 0.335 e. The monoisotopic (exact) mass is 428 g/mol. The van der Waals surface area contributed by atoms with Crippen LogP contribution in [0.3, 0.4) is 0 Å². The van der Waals surface area contributed by atoms with Gasteiger partial charge < -0.3 is 15.5 Å². The molecule has 1 saturated heterocycles. The molecule has 0 radical (unpaired) electrons. The van der Waals surface area contributed by atoms with Crippen LogP contribution in [0.25, 0.3) is 6.08 Å². The van der Waals surface area contributed by atoms with Crippen molar-refractivity contribution in [2.75, 3.05) is 11.9 Å². The van der Waals surface area contributed by atoms with E-state index in [1.807, 2.05) is 36.4 Å². The Morgan fingerprint density at radius 1 is 1.21 bits per heavy atom. The summed E-state index contributed by atoms with van der Waals surface area (Å²) in [5, 5.41) is 22.1. The van der Waals surface area contributed by atoms with Crippen LogP contribution in [-0.4, -0.2) is 44.1 Å². The molecule has 2 aromatic rings. The van der Waals surface area contributed by atoms with Gasteiger partial charge in [0.1, 0.15) is 10.5 Å². The zero-order valence-electron chi connectivity index (χ0n) is 15.4. The first-order valence-corrected chi connectivity index (χ1v) is 10.2. The Labute approximate surface area is 178 Å². The van der Waals surface area contributed by atoms with Gasteiger partial charge in [-0.2, -0.15) is 0 Å². The summed E-state index contributed by atoms with van der Waals surface area (Å²) < 4.78 is 0.508. The molecule has 1 amide bonds. The third-order valence-corrected chi connectivity index (χ3v) is 5.65. The average molecular weight is 429 g/mol. The smallest absolute Gasteiger partial charge is 0.335 e. The van der Waals surface area contributed by atoms with E-state index in [0.717, 1.165) is 5.56 Å². The Bertz CT molecular complexity index is 947. The minimum atomic E-state index is -1.03. The average Bonchev–Trinajstić information content (AvgIpc) is 2.96. The third-order valence-electron chi connectivity index (χ3n) is 4.27. The predicted molar refractivity (Wildman–Crippen MR) is 119 cm³/mol. The van der Waals surface area contributed by atoms with Gasteiger partial charge in [0, 0.05) is 12.2 Å². The molecule has 150 valence electrons. The number of aromatic carboxylic acids is 1. The maximum atomic E-state index is 12.6. The molecule has 0 bridgehead atoms. The highest BCUT2D eigenvalue weighted by molar-refractivity contribution is 8.26. The Hall–Kier alpha value is -2.68. The minimum Gasteiger partial charge on any atom is -0.478 e. The first kappa shape index (κ1) is 21.0. The molecule has 3 N–H and O–H groups in total. The van der Waals surface area contributed by atoms with Crippen molar-refractivity contribution in [1.29, 1.82) is 0 Å². The standard InChI is InChI=1S/C21H20N2O4S2/c24-18(22-16-9-4-8-15(13-16)20(26)27)10-5-11-23-19(25)17(29-21(23)28)12-14-6-2-1-3-7-14/h1-4,6-9,12-13,18,22,24H,5,10-11H2,(H,26,27)/b17-12+. The SMILES string of the molecule is O=C(O)c1cccc(NC(O)CCCN2C(=O)/C(=C\c3ccccc3)SC2=S)c1. The van der Waals surface area contributed by atoms with E-state index in [-0.39, 0.29) is 11.5 Å². The van der Waals surface area contributed by atoms with Gasteiger partial charge in [-0.1, -0.05) is 60.4 Å². The van der Waals surface area contributed by atoms with Crippen molar-refractivity contribution >= 4 is 51.9 Å². The van der Waals surface area contributed by atoms with Crippen LogP contribution >= 0.6 is 24.0 Å². The highest BCUT2D eigenvalue weighted by Crippen LogP contribution is 2.32. The molecule has 29 heavy (non-hydrogen) atoms. The van der Waals surface area contributed by atoms with Crippen LogP contribution in [-0.2, 0) is 4.79 Å². The van der Waals surface area contributed by atoms with Crippen LogP contribution in [0.4, 0.5) is 5.69 Å². The normalized spacial score (nSPS) is 16.3. The second kappa shape index (κ2) is 9.69. The number of aliphatic hydroxyl groups excluding tert-OH is 1. The van der Waals surface area contributed by atoms with Crippen molar-refractivity contribution in [3.05, 3.63) is 70.6 Å². The number of carboxylic acid groups (broad SMARTS) is 1. The van der Waals surface area contributed by atoms with E-state index in [2.05, 4.69) is 5.32 Å². The molecule has 8 heteroatoms. The number of hydrogen-bond acceptors (Lipinski definition) is 6. The van der Waals surface area contributed by atoms with E-state index in [1.165, 1.54) is 23.9 Å². The summed E-state index contributed by atoms with van der Waals surface area (Å²) in [4.78, 5) is 25.8. The number of carbonyl (C=O) groups excluding carboxylic acids is 1. The number of thioether (sulfide) groups is 1. The van der Waals surface area contributed by atoms with E-state index >= 15 is 0 Å². The molecule has 1 fully saturated rings. The molecule has 6 nitrogen and oxygen atoms in total. The lowest BCUT2D eigenvalue weighted by Crippen LogP contribution is -2.30. The lowest BCUT2D eigenvalue weighted by atomic mass is 10.2. The second-order valence-electron chi connectivity index (χ2n) is 6.43. The number of carbonyl (C=O) groups is 2. The molecule has 0 spiro atoms. The number of thiocarbonyl (C=S) groups is 1. The van der Waals surface area contributed by atoms with Gasteiger partial charge in [0.25, 0.3) is 5.91 Å². The van der Waals surface area contributed by atoms with Gasteiger partial charge in [0.2, 0.25) is 0 Å². The van der Waals surface area contributed by atoms with Crippen LogP contribution < -0.4 is 5.32 Å². The maximum absolute atomic E-state index is 12.6. The minimum absolute atomic E-state index is 0.125. The van der Waals surface area contributed by atoms with E-state index in [9.17, 15) is 14.7 Å². The topological polar surface area (TPSA) is 89.9 Å². The molecule has 1 aliphatic rings. The summed E-state index contributed by atoms with van der Waals surface area (Å²) >= 11 is 6.60. The van der Waals surface area contributed by atoms with Crippen LogP contribution in [0.2, 0.25) is 0 Å². The number of nitrogens with one attached hydrogen (secondary N) is 1. The number of benzene rings is 2. The van der Waals surface area contributed by atoms with Crippen LogP contribution in [0.5, 0.6) is 0 Å². The first-order chi connectivity index (χ1) is 13.9. The summed E-state index contributed by atoms with van der Waals surface area (Å²) in [7, 11) is 0. The molecule has 1 aliphatic heterocycles. The second-order valence-corrected chi connectivity index (χ2v) is 8.11. The molecule has 0 aliphatic carbocycles. The summed E-state index contributed by atoms with van der Waals surface area (Å²) in [5.74, 6) is -1.15. The first-order valence-electron chi connectivity index (χ1n) is 9.02. The number of aliphatic hydroxyl groups is 1. The molecule has 0 aromatic heterocycles. The molecule has 1 atom stereocenters. The van der Waals surface area contributed by atoms with Crippen LogP contribution in [0, 0.1) is 0 Å². The summed E-state index contributed by atoms with van der Waals surface area (Å²) in [6.45, 7) is 0.407. The lowest BCUT2D eigenvalue weighted by molar-refractivity contribution is -0.122. The summed E-state index contributed by atoms with van der Waals surface area (Å²) in [6, 6.07) is 15.8. The highest BCUT2D eigenvalue weighted by Gasteiger charge is 2.31. The van der Waals surface area contributed by atoms with E-state index < -0.39 is 12.2 Å². The zero-order chi connectivity index (χ0) is 20.8. The number of rotatable bonds is 8. The van der Waals surface area contributed by atoms with Crippen LogP contribution in [0.15, 0.2) is 59.5 Å². The summed E-state index contributed by atoms with van der Waals surface area (Å²) in [5.41, 5.74) is 1.61. The van der Waals surface area contributed by atoms with E-state index in [0.29, 0.717) is 34.3 Å². The number of amides is 1. The largest absolute Gasteiger partial charge is 0.478 e. The Morgan fingerprint density at radius 3 is 2.69 bits per heavy atom. The van der Waals surface area contributed by atoms with Gasteiger partial charge in [-0.3, -0.25) is 9.69 Å². The lowest BCUT2D eigenvalue weighted by Gasteiger charge is -2.17. The van der Waals surface area contributed by atoms with Gasteiger partial charge in [-0.25, -0.2) is 4.79 Å². The van der Waals surface area contributed by atoms with Crippen molar-refractivity contribution in [2.24, 2.45) is 0 Å². The fourth-order valence-electron chi connectivity index (χ4n) is 2.84. The Morgan fingerprint density at radius 2 is 1.97 bits per heavy atom. The molecule has 1 unspecified atom stereocenters. The van der Waals surface area contributed by atoms with Crippen molar-refractivity contribution < 1.29 is 19.8 Å².